The zero-order valence-corrected chi connectivity index (χ0v) is 18.8. The van der Waals surface area contributed by atoms with Gasteiger partial charge in [-0.05, 0) is 57.0 Å². The standard InChI is InChI=1S/C20H25N3O3S.2ClH/c1-21-7-4-14-5-8-23(9-6-14)19(24)11-16-12-27-20(22-16)15-2-3-17-18(10-15)26-13-25-17;;/h2-3,10,12,14,21H,4-9,11,13H2,1H3;2*1H. The summed E-state index contributed by atoms with van der Waals surface area (Å²) in [6.07, 6.45) is 3.78. The van der Waals surface area contributed by atoms with Gasteiger partial charge in [-0.25, -0.2) is 4.98 Å². The van der Waals surface area contributed by atoms with Crippen LogP contribution < -0.4 is 14.8 Å². The Balaban J connectivity index is 0.00000150. The maximum atomic E-state index is 12.6. The van der Waals surface area contributed by atoms with Gasteiger partial charge in [-0.1, -0.05) is 0 Å². The second-order valence-electron chi connectivity index (χ2n) is 7.11. The third kappa shape index (κ3) is 5.75. The molecule has 29 heavy (non-hydrogen) atoms. The average molecular weight is 460 g/mol. The number of carbonyl (C=O) groups excluding carboxylic acids is 1. The van der Waals surface area contributed by atoms with Gasteiger partial charge in [0, 0.05) is 24.0 Å². The van der Waals surface area contributed by atoms with Gasteiger partial charge in [0.05, 0.1) is 12.1 Å². The topological polar surface area (TPSA) is 63.7 Å². The zero-order valence-electron chi connectivity index (χ0n) is 16.4. The van der Waals surface area contributed by atoms with Crippen LogP contribution in [0.4, 0.5) is 0 Å². The summed E-state index contributed by atoms with van der Waals surface area (Å²) < 4.78 is 10.8. The molecule has 1 aromatic carbocycles. The van der Waals surface area contributed by atoms with Crippen LogP contribution in [-0.4, -0.2) is 49.3 Å². The van der Waals surface area contributed by atoms with Crippen molar-refractivity contribution in [1.82, 2.24) is 15.2 Å². The molecule has 0 aliphatic carbocycles. The van der Waals surface area contributed by atoms with Crippen LogP contribution >= 0.6 is 36.2 Å². The second-order valence-corrected chi connectivity index (χ2v) is 7.96. The molecule has 0 atom stereocenters. The molecule has 3 heterocycles. The molecule has 9 heteroatoms. The van der Waals surface area contributed by atoms with E-state index in [4.69, 9.17) is 9.47 Å². The summed E-state index contributed by atoms with van der Waals surface area (Å²) in [5, 5.41) is 6.10. The number of rotatable bonds is 6. The van der Waals surface area contributed by atoms with Crippen molar-refractivity contribution in [2.45, 2.75) is 25.7 Å². The lowest BCUT2D eigenvalue weighted by atomic mass is 9.93. The molecule has 0 bridgehead atoms. The summed E-state index contributed by atoms with van der Waals surface area (Å²) >= 11 is 1.56. The Bertz CT molecular complexity index is 810. The number of ether oxygens (including phenoxy) is 2. The molecule has 2 aromatic rings. The van der Waals surface area contributed by atoms with Crippen LogP contribution in [0.25, 0.3) is 10.6 Å². The molecule has 1 amide bonds. The number of fused-ring (bicyclic) bond motifs is 1. The highest BCUT2D eigenvalue weighted by molar-refractivity contribution is 7.13. The number of hydrogen-bond donors (Lipinski definition) is 1. The van der Waals surface area contributed by atoms with E-state index < -0.39 is 0 Å². The van der Waals surface area contributed by atoms with E-state index in [0.29, 0.717) is 6.42 Å². The highest BCUT2D eigenvalue weighted by Gasteiger charge is 2.23. The number of hydrogen-bond acceptors (Lipinski definition) is 6. The largest absolute Gasteiger partial charge is 0.454 e. The minimum Gasteiger partial charge on any atom is -0.454 e. The minimum atomic E-state index is 0. The lowest BCUT2D eigenvalue weighted by Gasteiger charge is -2.32. The van der Waals surface area contributed by atoms with Crippen molar-refractivity contribution in [2.24, 2.45) is 5.92 Å². The van der Waals surface area contributed by atoms with Crippen molar-refractivity contribution in [3.8, 4) is 22.1 Å². The summed E-state index contributed by atoms with van der Waals surface area (Å²) in [5.41, 5.74) is 1.84. The number of benzene rings is 1. The number of piperidine rings is 1. The van der Waals surface area contributed by atoms with Crippen molar-refractivity contribution >= 4 is 42.1 Å². The molecule has 2 aliphatic heterocycles. The molecule has 1 aromatic heterocycles. The molecule has 6 nitrogen and oxygen atoms in total. The Kier molecular flexibility index (Phi) is 9.02. The Morgan fingerprint density at radius 3 is 2.76 bits per heavy atom. The smallest absolute Gasteiger partial charge is 0.231 e. The van der Waals surface area contributed by atoms with E-state index >= 15 is 0 Å². The predicted octanol–water partition coefficient (Wildman–Crippen LogP) is 3.77. The maximum absolute atomic E-state index is 12.6. The fourth-order valence-electron chi connectivity index (χ4n) is 3.64. The van der Waals surface area contributed by atoms with Crippen molar-refractivity contribution in [3.63, 3.8) is 0 Å². The molecule has 0 saturated carbocycles. The molecule has 1 fully saturated rings. The van der Waals surface area contributed by atoms with Crippen molar-refractivity contribution in [1.29, 1.82) is 0 Å². The molecule has 1 saturated heterocycles. The number of likely N-dealkylation sites (tertiary alicyclic amines) is 1. The lowest BCUT2D eigenvalue weighted by molar-refractivity contribution is -0.131. The molecule has 0 spiro atoms. The molecule has 1 N–H and O–H groups in total. The third-order valence-electron chi connectivity index (χ3n) is 5.27. The SMILES string of the molecule is CNCCC1CCN(C(=O)Cc2csc(-c3ccc4c(c3)OCO4)n2)CC1.Cl.Cl. The van der Waals surface area contributed by atoms with Crippen LogP contribution in [0, 0.1) is 5.92 Å². The number of thiazole rings is 1. The molecular weight excluding hydrogens is 433 g/mol. The van der Waals surface area contributed by atoms with E-state index in [1.165, 1.54) is 6.42 Å². The van der Waals surface area contributed by atoms with Gasteiger partial charge in [0.15, 0.2) is 11.5 Å². The van der Waals surface area contributed by atoms with E-state index in [0.717, 1.165) is 66.2 Å². The maximum Gasteiger partial charge on any atom is 0.231 e. The van der Waals surface area contributed by atoms with Crippen LogP contribution in [0.1, 0.15) is 25.0 Å². The van der Waals surface area contributed by atoms with Crippen molar-refractivity contribution in [3.05, 3.63) is 29.3 Å². The highest BCUT2D eigenvalue weighted by Crippen LogP contribution is 2.36. The van der Waals surface area contributed by atoms with Gasteiger partial charge in [-0.2, -0.15) is 0 Å². The highest BCUT2D eigenvalue weighted by atomic mass is 35.5. The van der Waals surface area contributed by atoms with E-state index in [-0.39, 0.29) is 37.5 Å². The second kappa shape index (κ2) is 11.0. The first-order chi connectivity index (χ1) is 13.2. The van der Waals surface area contributed by atoms with Crippen molar-refractivity contribution < 1.29 is 14.3 Å². The number of amides is 1. The summed E-state index contributed by atoms with van der Waals surface area (Å²) in [6.45, 7) is 3.06. The first-order valence-corrected chi connectivity index (χ1v) is 10.4. The van der Waals surface area contributed by atoms with Crippen LogP contribution in [0.5, 0.6) is 11.5 Å². The summed E-state index contributed by atoms with van der Waals surface area (Å²) in [5.74, 6) is 2.44. The number of nitrogens with one attached hydrogen (secondary N) is 1. The van der Waals surface area contributed by atoms with Gasteiger partial charge in [-0.15, -0.1) is 36.2 Å². The number of nitrogens with zero attached hydrogens (tertiary/aromatic N) is 2. The third-order valence-corrected chi connectivity index (χ3v) is 6.21. The first kappa shape index (κ1) is 23.7. The van der Waals surface area contributed by atoms with Gasteiger partial charge in [-0.3, -0.25) is 4.79 Å². The number of aromatic nitrogens is 1. The molecule has 2 aliphatic rings. The first-order valence-electron chi connectivity index (χ1n) is 9.49. The van der Waals surface area contributed by atoms with E-state index in [1.54, 1.807) is 11.3 Å². The van der Waals surface area contributed by atoms with E-state index in [1.807, 2.05) is 35.5 Å². The Morgan fingerprint density at radius 1 is 1.24 bits per heavy atom. The predicted molar refractivity (Wildman–Crippen MR) is 120 cm³/mol. The van der Waals surface area contributed by atoms with Gasteiger partial charge >= 0.3 is 0 Å². The van der Waals surface area contributed by atoms with Gasteiger partial charge in [0.2, 0.25) is 12.7 Å². The van der Waals surface area contributed by atoms with Gasteiger partial charge in [0.1, 0.15) is 5.01 Å². The van der Waals surface area contributed by atoms with Crippen LogP contribution in [0.3, 0.4) is 0 Å². The molecule has 0 radical (unpaired) electrons. The number of halogens is 2. The van der Waals surface area contributed by atoms with Gasteiger partial charge in [0.25, 0.3) is 0 Å². The Hall–Kier alpha value is -1.54. The van der Waals surface area contributed by atoms with E-state index in [2.05, 4.69) is 10.3 Å². The van der Waals surface area contributed by atoms with Crippen LogP contribution in [0.15, 0.2) is 23.6 Å². The molecule has 160 valence electrons. The average Bonchev–Trinajstić information content (AvgIpc) is 3.35. The zero-order chi connectivity index (χ0) is 18.6. The van der Waals surface area contributed by atoms with Crippen LogP contribution in [0.2, 0.25) is 0 Å². The van der Waals surface area contributed by atoms with Crippen LogP contribution in [-0.2, 0) is 11.2 Å². The quantitative estimate of drug-likeness (QED) is 0.711. The van der Waals surface area contributed by atoms with Gasteiger partial charge < -0.3 is 19.7 Å². The van der Waals surface area contributed by atoms with E-state index in [9.17, 15) is 4.79 Å². The normalized spacial score (nSPS) is 15.6. The minimum absolute atomic E-state index is 0. The molecule has 4 rings (SSSR count). The Labute approximate surface area is 187 Å². The van der Waals surface area contributed by atoms with Crippen molar-refractivity contribution in [2.75, 3.05) is 33.5 Å². The summed E-state index contributed by atoms with van der Waals surface area (Å²) in [6, 6.07) is 5.83. The Morgan fingerprint density at radius 2 is 2.00 bits per heavy atom. The fraction of sp³-hybridized carbons (Fsp3) is 0.500. The number of carbonyl (C=O) groups is 1. The molecular formula is C20H27Cl2N3O3S. The summed E-state index contributed by atoms with van der Waals surface area (Å²) in [7, 11) is 1.99. The molecule has 0 unspecified atom stereocenters. The lowest BCUT2D eigenvalue weighted by Crippen LogP contribution is -2.39. The summed E-state index contributed by atoms with van der Waals surface area (Å²) in [4.78, 5) is 19.3. The monoisotopic (exact) mass is 459 g/mol. The fourth-order valence-corrected chi connectivity index (χ4v) is 4.45.